The molecule has 1 atom stereocenters. The molecule has 5 rings (SSSR count). The van der Waals surface area contributed by atoms with Gasteiger partial charge >= 0.3 is 6.03 Å². The van der Waals surface area contributed by atoms with Gasteiger partial charge in [0.05, 0.1) is 37.2 Å². The largest absolute Gasteiger partial charge is 0.393 e. The van der Waals surface area contributed by atoms with Crippen molar-refractivity contribution in [3.8, 4) is 0 Å². The lowest BCUT2D eigenvalue weighted by atomic mass is 9.90. The standard InChI is InChI=1S/C20H27N7O3/c28-16-8-14(9-16)22-20(29)24-18-10-15-11-26(5-6-27(15)25-18)19-21-4-3-17(23-19)13-2-1-7-30-12-13/h3-4,10,13-14,16,28H,1-2,5-9,11-12H2,(H2,22,24,25,29). The molecule has 3 N–H and O–H groups in total. The zero-order chi connectivity index (χ0) is 20.5. The van der Waals surface area contributed by atoms with Gasteiger partial charge in [-0.1, -0.05) is 0 Å². The summed E-state index contributed by atoms with van der Waals surface area (Å²) < 4.78 is 7.52. The number of ether oxygens (including phenoxy) is 1. The van der Waals surface area contributed by atoms with Crippen molar-refractivity contribution in [1.82, 2.24) is 25.1 Å². The van der Waals surface area contributed by atoms with Gasteiger partial charge in [-0.2, -0.15) is 5.10 Å². The van der Waals surface area contributed by atoms with Gasteiger partial charge in [-0.05, 0) is 31.7 Å². The Bertz CT molecular complexity index is 906. The molecule has 1 saturated carbocycles. The van der Waals surface area contributed by atoms with Crippen LogP contribution >= 0.6 is 0 Å². The monoisotopic (exact) mass is 413 g/mol. The first-order valence-corrected chi connectivity index (χ1v) is 10.6. The zero-order valence-corrected chi connectivity index (χ0v) is 16.8. The summed E-state index contributed by atoms with van der Waals surface area (Å²) in [4.78, 5) is 23.6. The summed E-state index contributed by atoms with van der Waals surface area (Å²) in [5.41, 5.74) is 2.05. The number of aliphatic hydroxyl groups is 1. The van der Waals surface area contributed by atoms with Crippen LogP contribution < -0.4 is 15.5 Å². The van der Waals surface area contributed by atoms with Crippen LogP contribution in [0.3, 0.4) is 0 Å². The number of aliphatic hydroxyl groups excluding tert-OH is 1. The van der Waals surface area contributed by atoms with E-state index in [1.807, 2.05) is 23.0 Å². The molecule has 1 unspecified atom stereocenters. The summed E-state index contributed by atoms with van der Waals surface area (Å²) in [5.74, 6) is 1.58. The molecule has 1 aliphatic carbocycles. The van der Waals surface area contributed by atoms with Crippen molar-refractivity contribution in [3.05, 3.63) is 29.7 Å². The van der Waals surface area contributed by atoms with Gasteiger partial charge in [0.25, 0.3) is 0 Å². The Morgan fingerprint density at radius 2 is 2.20 bits per heavy atom. The maximum atomic E-state index is 12.1. The van der Waals surface area contributed by atoms with Crippen molar-refractivity contribution in [1.29, 1.82) is 0 Å². The van der Waals surface area contributed by atoms with Crippen LogP contribution in [0.2, 0.25) is 0 Å². The van der Waals surface area contributed by atoms with Crippen molar-refractivity contribution in [3.63, 3.8) is 0 Å². The van der Waals surface area contributed by atoms with E-state index < -0.39 is 0 Å². The third-order valence-electron chi connectivity index (χ3n) is 6.01. The zero-order valence-electron chi connectivity index (χ0n) is 16.8. The van der Waals surface area contributed by atoms with Crippen LogP contribution in [0, 0.1) is 0 Å². The number of hydrogen-bond donors (Lipinski definition) is 3. The lowest BCUT2D eigenvalue weighted by molar-refractivity contribution is 0.0671. The molecule has 10 nitrogen and oxygen atoms in total. The van der Waals surface area contributed by atoms with E-state index in [0.717, 1.165) is 49.9 Å². The molecule has 1 saturated heterocycles. The summed E-state index contributed by atoms with van der Waals surface area (Å²) in [6.45, 7) is 3.65. The predicted octanol–water partition coefficient (Wildman–Crippen LogP) is 1.23. The minimum absolute atomic E-state index is 0.0340. The molecule has 0 radical (unpaired) electrons. The number of urea groups is 1. The Morgan fingerprint density at radius 3 is 3.00 bits per heavy atom. The normalized spacial score (nSPS) is 25.9. The number of amides is 2. The molecule has 2 aliphatic heterocycles. The maximum absolute atomic E-state index is 12.1. The first-order chi connectivity index (χ1) is 14.6. The van der Waals surface area contributed by atoms with E-state index in [-0.39, 0.29) is 18.2 Å². The summed E-state index contributed by atoms with van der Waals surface area (Å²) in [6, 6.07) is 3.62. The van der Waals surface area contributed by atoms with Crippen molar-refractivity contribution in [2.24, 2.45) is 0 Å². The molecule has 0 aromatic carbocycles. The Balaban J connectivity index is 1.22. The number of fused-ring (bicyclic) bond motifs is 1. The predicted molar refractivity (Wildman–Crippen MR) is 109 cm³/mol. The SMILES string of the molecule is O=C(Nc1cc2n(n1)CCN(c1nccc(C3CCCOC3)n1)C2)NC1CC(O)C1. The van der Waals surface area contributed by atoms with Gasteiger partial charge in [0.1, 0.15) is 0 Å². The molecule has 3 aliphatic rings. The number of aromatic nitrogens is 4. The highest BCUT2D eigenvalue weighted by Crippen LogP contribution is 2.26. The number of nitrogens with zero attached hydrogens (tertiary/aromatic N) is 5. The van der Waals surface area contributed by atoms with E-state index in [4.69, 9.17) is 9.72 Å². The molecule has 2 fully saturated rings. The highest BCUT2D eigenvalue weighted by atomic mass is 16.5. The summed E-state index contributed by atoms with van der Waals surface area (Å²) >= 11 is 0. The van der Waals surface area contributed by atoms with E-state index in [2.05, 4.69) is 25.6 Å². The second-order valence-electron chi connectivity index (χ2n) is 8.28. The van der Waals surface area contributed by atoms with Crippen LogP contribution in [0.5, 0.6) is 0 Å². The third kappa shape index (κ3) is 4.10. The van der Waals surface area contributed by atoms with E-state index in [0.29, 0.717) is 37.7 Å². The van der Waals surface area contributed by atoms with Crippen LogP contribution in [-0.4, -0.2) is 62.8 Å². The number of nitrogens with one attached hydrogen (secondary N) is 2. The van der Waals surface area contributed by atoms with Crippen molar-refractivity contribution in [2.45, 2.75) is 56.8 Å². The number of hydrogen-bond acceptors (Lipinski definition) is 7. The second kappa shape index (κ2) is 8.19. The lowest BCUT2D eigenvalue weighted by Gasteiger charge is -2.31. The van der Waals surface area contributed by atoms with Crippen LogP contribution in [0.15, 0.2) is 18.3 Å². The Hall–Kier alpha value is -2.72. The number of carbonyl (C=O) groups is 1. The molecule has 10 heteroatoms. The minimum Gasteiger partial charge on any atom is -0.393 e. The number of anilines is 2. The molecule has 0 spiro atoms. The molecule has 4 heterocycles. The van der Waals surface area contributed by atoms with Gasteiger partial charge in [-0.25, -0.2) is 14.8 Å². The molecule has 0 bridgehead atoms. The van der Waals surface area contributed by atoms with Crippen LogP contribution in [0.25, 0.3) is 0 Å². The quantitative estimate of drug-likeness (QED) is 0.690. The van der Waals surface area contributed by atoms with Crippen molar-refractivity contribution < 1.29 is 14.6 Å². The third-order valence-corrected chi connectivity index (χ3v) is 6.01. The number of rotatable bonds is 4. The second-order valence-corrected chi connectivity index (χ2v) is 8.28. The molecule has 2 amide bonds. The van der Waals surface area contributed by atoms with Crippen LogP contribution in [-0.2, 0) is 17.8 Å². The van der Waals surface area contributed by atoms with E-state index in [1.54, 1.807) is 0 Å². The molecule has 2 aromatic heterocycles. The van der Waals surface area contributed by atoms with Gasteiger partial charge in [0.2, 0.25) is 5.95 Å². The van der Waals surface area contributed by atoms with Gasteiger partial charge in [0.15, 0.2) is 5.82 Å². The molecule has 160 valence electrons. The lowest BCUT2D eigenvalue weighted by Crippen LogP contribution is -2.48. The summed E-state index contributed by atoms with van der Waals surface area (Å²) in [5, 5.41) is 19.5. The van der Waals surface area contributed by atoms with E-state index in [9.17, 15) is 9.90 Å². The minimum atomic E-state index is -0.299. The highest BCUT2D eigenvalue weighted by Gasteiger charge is 2.29. The molecular formula is C20H27N7O3. The van der Waals surface area contributed by atoms with E-state index in [1.165, 1.54) is 0 Å². The fourth-order valence-corrected chi connectivity index (χ4v) is 4.26. The van der Waals surface area contributed by atoms with Crippen molar-refractivity contribution in [2.75, 3.05) is 30.0 Å². The van der Waals surface area contributed by atoms with Crippen LogP contribution in [0.4, 0.5) is 16.6 Å². The topological polar surface area (TPSA) is 117 Å². The maximum Gasteiger partial charge on any atom is 0.320 e. The van der Waals surface area contributed by atoms with Gasteiger partial charge in [-0.15, -0.1) is 0 Å². The van der Waals surface area contributed by atoms with Crippen molar-refractivity contribution >= 4 is 17.8 Å². The fraction of sp³-hybridized carbons (Fsp3) is 0.600. The number of carbonyl (C=O) groups excluding carboxylic acids is 1. The molecule has 30 heavy (non-hydrogen) atoms. The van der Waals surface area contributed by atoms with Gasteiger partial charge in [0, 0.05) is 37.4 Å². The average molecular weight is 413 g/mol. The fourth-order valence-electron chi connectivity index (χ4n) is 4.26. The molecule has 2 aromatic rings. The van der Waals surface area contributed by atoms with Gasteiger partial charge in [-0.3, -0.25) is 10.00 Å². The summed E-state index contributed by atoms with van der Waals surface area (Å²) in [6.07, 6.45) is 4.90. The Morgan fingerprint density at radius 1 is 1.30 bits per heavy atom. The first-order valence-electron chi connectivity index (χ1n) is 10.6. The Kier molecular flexibility index (Phi) is 5.26. The Labute approximate surface area is 174 Å². The average Bonchev–Trinajstić information content (AvgIpc) is 3.14. The van der Waals surface area contributed by atoms with Crippen LogP contribution in [0.1, 0.15) is 43.0 Å². The summed E-state index contributed by atoms with van der Waals surface area (Å²) in [7, 11) is 0. The smallest absolute Gasteiger partial charge is 0.320 e. The van der Waals surface area contributed by atoms with Gasteiger partial charge < -0.3 is 20.1 Å². The molecular weight excluding hydrogens is 386 g/mol. The highest BCUT2D eigenvalue weighted by molar-refractivity contribution is 5.88. The van der Waals surface area contributed by atoms with E-state index >= 15 is 0 Å². The first kappa shape index (κ1) is 19.3.